The smallest absolute Gasteiger partial charge is 0.342 e. The fraction of sp³-hybridized carbons (Fsp3) is 0.350. The van der Waals surface area contributed by atoms with E-state index in [1.165, 1.54) is 31.2 Å². The van der Waals surface area contributed by atoms with E-state index in [0.29, 0.717) is 17.8 Å². The highest BCUT2D eigenvalue weighted by atomic mass is 19.4. The Morgan fingerprint density at radius 3 is 2.37 bits per heavy atom. The molecule has 0 saturated carbocycles. The van der Waals surface area contributed by atoms with Crippen molar-refractivity contribution in [2.45, 2.75) is 43.8 Å². The van der Waals surface area contributed by atoms with Crippen LogP contribution < -0.4 is 5.73 Å². The molecule has 0 bridgehead atoms. The maximum atomic E-state index is 13.2. The monoisotopic (exact) mass is 379 g/mol. The lowest BCUT2D eigenvalue weighted by atomic mass is 9.74. The van der Waals surface area contributed by atoms with Crippen molar-refractivity contribution in [2.24, 2.45) is 5.73 Å². The number of alkyl halides is 3. The summed E-state index contributed by atoms with van der Waals surface area (Å²) in [6.45, 7) is 1.52. The second-order valence-electron chi connectivity index (χ2n) is 7.23. The van der Waals surface area contributed by atoms with Gasteiger partial charge < -0.3 is 10.7 Å². The van der Waals surface area contributed by atoms with Crippen LogP contribution in [0.3, 0.4) is 0 Å². The molecule has 0 fully saturated rings. The van der Waals surface area contributed by atoms with Crippen molar-refractivity contribution in [3.63, 3.8) is 0 Å². The molecule has 3 nitrogen and oxygen atoms in total. The molecule has 3 N–H and O–H groups in total. The molecule has 27 heavy (non-hydrogen) atoms. The number of hydrogen-bond acceptors (Lipinski definition) is 2. The minimum Gasteiger partial charge on any atom is -0.342 e. The highest BCUT2D eigenvalue weighted by Gasteiger charge is 2.41. The van der Waals surface area contributed by atoms with E-state index < -0.39 is 29.9 Å². The molecule has 0 aliphatic heterocycles. The van der Waals surface area contributed by atoms with Gasteiger partial charge >= 0.3 is 6.18 Å². The maximum absolute atomic E-state index is 13.2. The van der Waals surface area contributed by atoms with E-state index in [4.69, 9.17) is 5.73 Å². The molecule has 3 aromatic rings. The summed E-state index contributed by atoms with van der Waals surface area (Å²) in [5.41, 5.74) is 7.01. The highest BCUT2D eigenvalue weighted by Crippen LogP contribution is 2.40. The Balaban J connectivity index is 1.80. The molecule has 1 aromatic heterocycles. The van der Waals surface area contributed by atoms with Gasteiger partial charge in [0.25, 0.3) is 0 Å². The van der Waals surface area contributed by atoms with Gasteiger partial charge in [-0.3, -0.25) is 0 Å². The molecular weight excluding hydrogens is 358 g/mol. The van der Waals surface area contributed by atoms with Gasteiger partial charge in [0.15, 0.2) is 0 Å². The highest BCUT2D eigenvalue weighted by molar-refractivity contribution is 5.74. The largest absolute Gasteiger partial charge is 0.389 e. The minimum atomic E-state index is -4.36. The quantitative estimate of drug-likeness (QED) is 0.600. The lowest BCUT2D eigenvalue weighted by molar-refractivity contribution is -0.148. The first-order chi connectivity index (χ1) is 12.6. The zero-order valence-electron chi connectivity index (χ0n) is 14.9. The molecule has 1 heterocycles. The molecular formula is C20H21F4N3. The Bertz CT molecular complexity index is 868. The van der Waals surface area contributed by atoms with Crippen LogP contribution in [0.4, 0.5) is 17.6 Å². The fourth-order valence-corrected chi connectivity index (χ4v) is 3.59. The van der Waals surface area contributed by atoms with Crippen LogP contribution in [-0.2, 0) is 11.8 Å². The van der Waals surface area contributed by atoms with E-state index in [1.54, 1.807) is 0 Å². The van der Waals surface area contributed by atoms with Crippen LogP contribution in [0.25, 0.3) is 11.0 Å². The number of para-hydroxylation sites is 2. The van der Waals surface area contributed by atoms with E-state index in [-0.39, 0.29) is 6.42 Å². The SMILES string of the molecule is CC(CC(N)Cc1nc2ccccc2[nH]1)(CC(F)(F)F)c1ccc(F)cc1. The summed E-state index contributed by atoms with van der Waals surface area (Å²) in [7, 11) is 0. The summed E-state index contributed by atoms with van der Waals surface area (Å²) in [5, 5.41) is 0. The maximum Gasteiger partial charge on any atom is 0.389 e. The average Bonchev–Trinajstić information content (AvgIpc) is 2.95. The lowest BCUT2D eigenvalue weighted by Crippen LogP contribution is -2.37. The van der Waals surface area contributed by atoms with Crippen molar-refractivity contribution in [1.29, 1.82) is 0 Å². The molecule has 0 aliphatic carbocycles. The van der Waals surface area contributed by atoms with Crippen LogP contribution in [0.2, 0.25) is 0 Å². The molecule has 0 amide bonds. The van der Waals surface area contributed by atoms with Crippen molar-refractivity contribution in [3.05, 3.63) is 65.7 Å². The van der Waals surface area contributed by atoms with Gasteiger partial charge in [-0.15, -0.1) is 0 Å². The first-order valence-corrected chi connectivity index (χ1v) is 8.67. The molecule has 2 unspecified atom stereocenters. The molecule has 3 rings (SSSR count). The van der Waals surface area contributed by atoms with E-state index >= 15 is 0 Å². The standard InChI is InChI=1S/C20H21F4N3/c1-19(12-20(22,23)24,13-6-8-14(21)9-7-13)11-15(25)10-18-26-16-4-2-3-5-17(16)27-18/h2-9,15H,10-12,25H2,1H3,(H,26,27). The Labute approximate surface area is 154 Å². The van der Waals surface area contributed by atoms with Crippen molar-refractivity contribution in [2.75, 3.05) is 0 Å². The van der Waals surface area contributed by atoms with Crippen molar-refractivity contribution < 1.29 is 17.6 Å². The predicted octanol–water partition coefficient (Wildman–Crippen LogP) is 4.87. The number of aromatic amines is 1. The molecule has 7 heteroatoms. The summed E-state index contributed by atoms with van der Waals surface area (Å²) in [4.78, 5) is 7.58. The van der Waals surface area contributed by atoms with Gasteiger partial charge in [0.05, 0.1) is 17.5 Å². The summed E-state index contributed by atoms with van der Waals surface area (Å²) in [5.74, 6) is 0.150. The van der Waals surface area contributed by atoms with Gasteiger partial charge in [-0.1, -0.05) is 31.2 Å². The van der Waals surface area contributed by atoms with Gasteiger partial charge in [-0.2, -0.15) is 13.2 Å². The Kier molecular flexibility index (Phi) is 5.24. The second-order valence-corrected chi connectivity index (χ2v) is 7.23. The van der Waals surface area contributed by atoms with Crippen LogP contribution in [-0.4, -0.2) is 22.2 Å². The molecule has 0 spiro atoms. The van der Waals surface area contributed by atoms with Gasteiger partial charge in [-0.05, 0) is 36.2 Å². The van der Waals surface area contributed by atoms with Crippen LogP contribution in [0.5, 0.6) is 0 Å². The van der Waals surface area contributed by atoms with Crippen LogP contribution in [0.1, 0.15) is 31.2 Å². The number of imidazole rings is 1. The lowest BCUT2D eigenvalue weighted by Gasteiger charge is -2.33. The van der Waals surface area contributed by atoms with E-state index in [1.807, 2.05) is 24.3 Å². The van der Waals surface area contributed by atoms with Crippen LogP contribution >= 0.6 is 0 Å². The number of benzene rings is 2. The number of nitrogens with zero attached hydrogens (tertiary/aromatic N) is 1. The molecule has 144 valence electrons. The zero-order chi connectivity index (χ0) is 19.7. The summed E-state index contributed by atoms with van der Waals surface area (Å²) in [6, 6.07) is 12.1. The first kappa shape index (κ1) is 19.4. The summed E-state index contributed by atoms with van der Waals surface area (Å²) >= 11 is 0. The van der Waals surface area contributed by atoms with Crippen molar-refractivity contribution in [3.8, 4) is 0 Å². The normalized spacial score (nSPS) is 15.6. The summed E-state index contributed by atoms with van der Waals surface area (Å²) in [6.07, 6.45) is -4.97. The molecule has 0 saturated heterocycles. The Hall–Kier alpha value is -2.41. The van der Waals surface area contributed by atoms with E-state index in [0.717, 1.165) is 11.0 Å². The van der Waals surface area contributed by atoms with Crippen molar-refractivity contribution in [1.82, 2.24) is 9.97 Å². The molecule has 2 atom stereocenters. The Morgan fingerprint density at radius 1 is 1.07 bits per heavy atom. The molecule has 2 aromatic carbocycles. The Morgan fingerprint density at radius 2 is 1.74 bits per heavy atom. The number of aromatic nitrogens is 2. The van der Waals surface area contributed by atoms with Gasteiger partial charge in [0.1, 0.15) is 11.6 Å². The minimum absolute atomic E-state index is 0.0924. The van der Waals surface area contributed by atoms with Gasteiger partial charge in [0, 0.05) is 17.9 Å². The topological polar surface area (TPSA) is 54.7 Å². The zero-order valence-corrected chi connectivity index (χ0v) is 14.9. The van der Waals surface area contributed by atoms with Crippen molar-refractivity contribution >= 4 is 11.0 Å². The third kappa shape index (κ3) is 4.86. The number of fused-ring (bicyclic) bond motifs is 1. The number of H-pyrrole nitrogens is 1. The molecule has 0 aliphatic rings. The predicted molar refractivity (Wildman–Crippen MR) is 96.8 cm³/mol. The van der Waals surface area contributed by atoms with Gasteiger partial charge in [0.2, 0.25) is 0 Å². The summed E-state index contributed by atoms with van der Waals surface area (Å²) < 4.78 is 52.8. The second kappa shape index (κ2) is 7.31. The average molecular weight is 379 g/mol. The van der Waals surface area contributed by atoms with E-state index in [9.17, 15) is 17.6 Å². The third-order valence-corrected chi connectivity index (χ3v) is 4.74. The fourth-order valence-electron chi connectivity index (χ4n) is 3.59. The number of halogens is 4. The molecule has 0 radical (unpaired) electrons. The van der Waals surface area contributed by atoms with Crippen LogP contribution in [0, 0.1) is 5.82 Å². The number of nitrogens with one attached hydrogen (secondary N) is 1. The first-order valence-electron chi connectivity index (χ1n) is 8.67. The number of hydrogen-bond donors (Lipinski definition) is 2. The van der Waals surface area contributed by atoms with Crippen LogP contribution in [0.15, 0.2) is 48.5 Å². The van der Waals surface area contributed by atoms with E-state index in [2.05, 4.69) is 9.97 Å². The van der Waals surface area contributed by atoms with Gasteiger partial charge in [-0.25, -0.2) is 9.37 Å². The number of rotatable bonds is 6. The number of nitrogens with two attached hydrogens (primary N) is 1. The third-order valence-electron chi connectivity index (χ3n) is 4.74.